The molecule has 0 unspecified atom stereocenters. The van der Waals surface area contributed by atoms with Crippen molar-refractivity contribution < 1.29 is 14.3 Å². The summed E-state index contributed by atoms with van der Waals surface area (Å²) >= 11 is 0. The second kappa shape index (κ2) is 10.6. The van der Waals surface area contributed by atoms with Crippen molar-refractivity contribution in [3.8, 4) is 0 Å². The second-order valence-electron chi connectivity index (χ2n) is 10.4. The molecular formula is C27H36N6O4. The van der Waals surface area contributed by atoms with Gasteiger partial charge in [-0.1, -0.05) is 6.42 Å². The highest BCUT2D eigenvalue weighted by Crippen LogP contribution is 2.37. The van der Waals surface area contributed by atoms with E-state index in [9.17, 15) is 9.59 Å². The Balaban J connectivity index is 1.42. The first-order valence-corrected chi connectivity index (χ1v) is 13.1. The SMILES string of the molecule is CNc1cc(Nc2cccn(C3CCOCC3)c2=O)nc2c(C(=O)C[C@@H]3CCC[C@@](C)(OC)C3)cnn12. The third-order valence-electron chi connectivity index (χ3n) is 7.86. The summed E-state index contributed by atoms with van der Waals surface area (Å²) in [6, 6.07) is 5.51. The molecule has 1 aliphatic carbocycles. The molecule has 5 rings (SSSR count). The van der Waals surface area contributed by atoms with Gasteiger partial charge in [0.15, 0.2) is 11.4 Å². The van der Waals surface area contributed by atoms with Crippen molar-refractivity contribution >= 4 is 28.8 Å². The van der Waals surface area contributed by atoms with Crippen LogP contribution in [0.15, 0.2) is 35.4 Å². The summed E-state index contributed by atoms with van der Waals surface area (Å²) < 4.78 is 14.6. The minimum absolute atomic E-state index is 0.0219. The van der Waals surface area contributed by atoms with Crippen LogP contribution < -0.4 is 16.2 Å². The molecule has 1 aliphatic heterocycles. The topological polar surface area (TPSA) is 112 Å². The first-order valence-electron chi connectivity index (χ1n) is 13.1. The Morgan fingerprint density at radius 1 is 1.30 bits per heavy atom. The normalized spacial score (nSPS) is 22.7. The van der Waals surface area contributed by atoms with Gasteiger partial charge in [0.05, 0.1) is 17.4 Å². The van der Waals surface area contributed by atoms with E-state index in [4.69, 9.17) is 14.5 Å². The van der Waals surface area contributed by atoms with Crippen LogP contribution in [0, 0.1) is 5.92 Å². The number of methoxy groups -OCH3 is 1. The molecule has 0 radical (unpaired) electrons. The van der Waals surface area contributed by atoms with Crippen molar-refractivity contribution in [1.82, 2.24) is 19.2 Å². The number of pyridine rings is 1. The zero-order chi connectivity index (χ0) is 26.0. The molecule has 1 saturated heterocycles. The highest BCUT2D eigenvalue weighted by Gasteiger charge is 2.33. The largest absolute Gasteiger partial charge is 0.381 e. The van der Waals surface area contributed by atoms with Gasteiger partial charge in [0.1, 0.15) is 17.3 Å². The smallest absolute Gasteiger partial charge is 0.274 e. The van der Waals surface area contributed by atoms with Crippen molar-refractivity contribution in [3.63, 3.8) is 0 Å². The number of fused-ring (bicyclic) bond motifs is 1. The first kappa shape index (κ1) is 25.4. The van der Waals surface area contributed by atoms with Crippen molar-refractivity contribution in [2.45, 2.75) is 63.5 Å². The van der Waals surface area contributed by atoms with Crippen molar-refractivity contribution in [1.29, 1.82) is 0 Å². The summed E-state index contributed by atoms with van der Waals surface area (Å²) in [5.74, 6) is 1.42. The minimum atomic E-state index is -0.174. The van der Waals surface area contributed by atoms with E-state index >= 15 is 0 Å². The lowest BCUT2D eigenvalue weighted by Crippen LogP contribution is -2.34. The molecule has 2 N–H and O–H groups in total. The number of carbonyl (C=O) groups excluding carboxylic acids is 1. The number of ketones is 1. The van der Waals surface area contributed by atoms with Crippen LogP contribution in [0.4, 0.5) is 17.3 Å². The number of hydrogen-bond donors (Lipinski definition) is 2. The minimum Gasteiger partial charge on any atom is -0.381 e. The van der Waals surface area contributed by atoms with Gasteiger partial charge in [0.25, 0.3) is 5.56 Å². The third kappa shape index (κ3) is 5.26. The van der Waals surface area contributed by atoms with E-state index in [1.165, 1.54) is 0 Å². The number of nitrogens with one attached hydrogen (secondary N) is 2. The van der Waals surface area contributed by atoms with Crippen LogP contribution in [0.3, 0.4) is 0 Å². The average Bonchev–Trinajstić information content (AvgIpc) is 3.34. The molecule has 2 aliphatic rings. The Kier molecular flexibility index (Phi) is 7.30. The lowest BCUT2D eigenvalue weighted by molar-refractivity contribution is -0.0395. The molecule has 0 spiro atoms. The fourth-order valence-corrected chi connectivity index (χ4v) is 5.71. The Morgan fingerprint density at radius 3 is 2.86 bits per heavy atom. The number of Topliss-reactive ketones (excluding diaryl/α,β-unsaturated/α-hetero) is 1. The van der Waals surface area contributed by atoms with Gasteiger partial charge in [-0.25, -0.2) is 4.98 Å². The van der Waals surface area contributed by atoms with Gasteiger partial charge in [-0.05, 0) is 57.1 Å². The standard InChI is InChI=1S/C27H36N6O4/c1-27(36-3)10-4-6-18(16-27)14-22(34)20-17-29-33-24(28-2)15-23(31-25(20)33)30-21-7-5-11-32(26(21)35)19-8-12-37-13-9-19/h5,7,11,15,17-19,28H,4,6,8-10,12-14,16H2,1-3H3,(H,30,31)/t18-,27+/m0/s1. The molecule has 0 aromatic carbocycles. The molecule has 37 heavy (non-hydrogen) atoms. The summed E-state index contributed by atoms with van der Waals surface area (Å²) in [6.45, 7) is 3.43. The maximum absolute atomic E-state index is 13.4. The molecule has 0 amide bonds. The molecule has 3 aromatic rings. The maximum Gasteiger partial charge on any atom is 0.274 e. The van der Waals surface area contributed by atoms with E-state index in [1.54, 1.807) is 41.6 Å². The molecule has 0 bridgehead atoms. The van der Waals surface area contributed by atoms with Crippen LogP contribution in [0.5, 0.6) is 0 Å². The number of rotatable bonds is 8. The van der Waals surface area contributed by atoms with Crippen LogP contribution in [0.25, 0.3) is 5.65 Å². The average molecular weight is 509 g/mol. The quantitative estimate of drug-likeness (QED) is 0.436. The van der Waals surface area contributed by atoms with Crippen LogP contribution in [0.1, 0.15) is 68.3 Å². The predicted molar refractivity (Wildman–Crippen MR) is 142 cm³/mol. The van der Waals surface area contributed by atoms with Crippen molar-refractivity contribution in [3.05, 3.63) is 46.5 Å². The Hall–Kier alpha value is -3.24. The predicted octanol–water partition coefficient (Wildman–Crippen LogP) is 4.20. The zero-order valence-corrected chi connectivity index (χ0v) is 21.8. The Morgan fingerprint density at radius 2 is 2.11 bits per heavy atom. The molecule has 10 nitrogen and oxygen atoms in total. The summed E-state index contributed by atoms with van der Waals surface area (Å²) in [4.78, 5) is 31.4. The van der Waals surface area contributed by atoms with Gasteiger partial charge in [-0.3, -0.25) is 9.59 Å². The van der Waals surface area contributed by atoms with E-state index in [0.29, 0.717) is 48.2 Å². The summed E-state index contributed by atoms with van der Waals surface area (Å²) in [6.07, 6.45) is 9.41. The Bertz CT molecular complexity index is 1330. The van der Waals surface area contributed by atoms with Crippen molar-refractivity contribution in [2.75, 3.05) is 38.0 Å². The number of hydrogen-bond acceptors (Lipinski definition) is 8. The molecule has 4 heterocycles. The molecule has 3 aromatic heterocycles. The van der Waals surface area contributed by atoms with Gasteiger partial charge < -0.3 is 24.7 Å². The number of nitrogens with zero attached hydrogens (tertiary/aromatic N) is 4. The van der Waals surface area contributed by atoms with Crippen LogP contribution in [-0.2, 0) is 9.47 Å². The number of ether oxygens (including phenoxy) is 2. The summed E-state index contributed by atoms with van der Waals surface area (Å²) in [5.41, 5.74) is 1.10. The van der Waals surface area contributed by atoms with Gasteiger partial charge in [-0.2, -0.15) is 9.61 Å². The highest BCUT2D eigenvalue weighted by molar-refractivity contribution is 6.01. The van der Waals surface area contributed by atoms with Crippen LogP contribution in [0.2, 0.25) is 0 Å². The zero-order valence-electron chi connectivity index (χ0n) is 21.8. The van der Waals surface area contributed by atoms with E-state index in [-0.39, 0.29) is 28.9 Å². The van der Waals surface area contributed by atoms with Crippen molar-refractivity contribution in [2.24, 2.45) is 5.92 Å². The van der Waals surface area contributed by atoms with Gasteiger partial charge in [0.2, 0.25) is 0 Å². The second-order valence-corrected chi connectivity index (χ2v) is 10.4. The lowest BCUT2D eigenvalue weighted by atomic mass is 9.76. The van der Waals surface area contributed by atoms with Crippen LogP contribution in [-0.4, -0.2) is 57.9 Å². The Labute approximate surface area is 216 Å². The van der Waals surface area contributed by atoms with Gasteiger partial charge >= 0.3 is 0 Å². The number of carbonyl (C=O) groups is 1. The third-order valence-corrected chi connectivity index (χ3v) is 7.86. The van der Waals surface area contributed by atoms with E-state index in [0.717, 1.165) is 38.5 Å². The fraction of sp³-hybridized carbons (Fsp3) is 0.556. The fourth-order valence-electron chi connectivity index (χ4n) is 5.71. The number of anilines is 3. The maximum atomic E-state index is 13.4. The summed E-state index contributed by atoms with van der Waals surface area (Å²) in [7, 11) is 3.54. The van der Waals surface area contributed by atoms with Gasteiger partial charge in [-0.15, -0.1) is 0 Å². The highest BCUT2D eigenvalue weighted by atomic mass is 16.5. The van der Waals surface area contributed by atoms with Crippen LogP contribution >= 0.6 is 0 Å². The monoisotopic (exact) mass is 508 g/mol. The van der Waals surface area contributed by atoms with E-state index in [2.05, 4.69) is 22.7 Å². The molecule has 2 atom stereocenters. The molecular weight excluding hydrogens is 472 g/mol. The lowest BCUT2D eigenvalue weighted by Gasteiger charge is -2.36. The molecule has 1 saturated carbocycles. The molecule has 2 fully saturated rings. The van der Waals surface area contributed by atoms with Gasteiger partial charge in [0, 0.05) is 52.1 Å². The number of aromatic nitrogens is 4. The van der Waals surface area contributed by atoms with E-state index in [1.807, 2.05) is 12.3 Å². The molecule has 198 valence electrons. The molecule has 10 heteroatoms. The summed E-state index contributed by atoms with van der Waals surface area (Å²) in [5, 5.41) is 10.7. The van der Waals surface area contributed by atoms with E-state index < -0.39 is 0 Å². The first-order chi connectivity index (χ1) is 17.9.